The maximum Gasteiger partial charge on any atom is 0.0733 e. The first-order chi connectivity index (χ1) is 11.7. The Morgan fingerprint density at radius 3 is 2.21 bits per heavy atom. The Bertz CT molecular complexity index is 975. The molecule has 0 aliphatic carbocycles. The van der Waals surface area contributed by atoms with Crippen molar-refractivity contribution >= 4 is 32.3 Å². The van der Waals surface area contributed by atoms with E-state index in [2.05, 4.69) is 61.5 Å². The Labute approximate surface area is 142 Å². The highest BCUT2D eigenvalue weighted by Gasteiger charge is 2.20. The highest BCUT2D eigenvalue weighted by atomic mass is 16.3. The van der Waals surface area contributed by atoms with Crippen LogP contribution >= 0.6 is 0 Å². The molecule has 4 rings (SSSR count). The van der Waals surface area contributed by atoms with E-state index in [1.807, 2.05) is 0 Å². The van der Waals surface area contributed by atoms with E-state index >= 15 is 0 Å². The second-order valence-corrected chi connectivity index (χ2v) is 6.75. The van der Waals surface area contributed by atoms with E-state index in [1.54, 1.807) is 0 Å². The molecule has 0 radical (unpaired) electrons. The zero-order valence-electron chi connectivity index (χ0n) is 14.0. The van der Waals surface area contributed by atoms with E-state index in [0.717, 1.165) is 24.8 Å². The summed E-state index contributed by atoms with van der Waals surface area (Å²) in [4.78, 5) is 0. The highest BCUT2D eigenvalue weighted by molar-refractivity contribution is 6.23. The molecule has 4 aromatic rings. The number of hydrogen-bond acceptors (Lipinski definition) is 2. The van der Waals surface area contributed by atoms with E-state index in [-0.39, 0.29) is 6.04 Å². The van der Waals surface area contributed by atoms with Gasteiger partial charge in [0.05, 0.1) is 12.1 Å². The van der Waals surface area contributed by atoms with E-state index in [1.165, 1.54) is 32.3 Å². The Balaban J connectivity index is 1.94. The third-order valence-electron chi connectivity index (χ3n) is 5.19. The molecule has 2 heteroatoms. The fourth-order valence-electron chi connectivity index (χ4n) is 3.85. The summed E-state index contributed by atoms with van der Waals surface area (Å²) in [6.07, 6.45) is 2.33. The number of nitrogens with two attached hydrogens (primary N) is 1. The summed E-state index contributed by atoms with van der Waals surface area (Å²) in [6.45, 7) is 2.13. The smallest absolute Gasteiger partial charge is 0.0733 e. The van der Waals surface area contributed by atoms with Crippen molar-refractivity contribution in [3.8, 4) is 0 Å². The molecule has 24 heavy (non-hydrogen) atoms. The van der Waals surface area contributed by atoms with Crippen molar-refractivity contribution < 1.29 is 5.11 Å². The minimum absolute atomic E-state index is 0.346. The molecular formula is C22H23NO. The zero-order valence-corrected chi connectivity index (χ0v) is 14.0. The van der Waals surface area contributed by atoms with Gasteiger partial charge in [0, 0.05) is 0 Å². The fourth-order valence-corrected chi connectivity index (χ4v) is 3.85. The van der Waals surface area contributed by atoms with Crippen molar-refractivity contribution in [2.45, 2.75) is 38.3 Å². The van der Waals surface area contributed by atoms with Crippen LogP contribution in [0.15, 0.2) is 54.6 Å². The van der Waals surface area contributed by atoms with Gasteiger partial charge in [-0.15, -0.1) is 0 Å². The van der Waals surface area contributed by atoms with E-state index in [9.17, 15) is 5.11 Å². The topological polar surface area (TPSA) is 46.2 Å². The quantitative estimate of drug-likeness (QED) is 0.501. The molecule has 2 nitrogen and oxygen atoms in total. The van der Waals surface area contributed by atoms with Crippen LogP contribution in [0, 0.1) is 0 Å². The lowest BCUT2D eigenvalue weighted by atomic mass is 9.88. The molecule has 0 saturated carbocycles. The van der Waals surface area contributed by atoms with Crippen LogP contribution < -0.4 is 5.73 Å². The molecule has 0 bridgehead atoms. The average Bonchev–Trinajstić information content (AvgIpc) is 2.63. The summed E-state index contributed by atoms with van der Waals surface area (Å²) in [5.41, 5.74) is 7.47. The first kappa shape index (κ1) is 15.4. The molecular weight excluding hydrogens is 294 g/mol. The van der Waals surface area contributed by atoms with Gasteiger partial charge in [-0.25, -0.2) is 0 Å². The van der Waals surface area contributed by atoms with Crippen LogP contribution in [-0.2, 0) is 0 Å². The normalized spacial score (nSPS) is 14.6. The second-order valence-electron chi connectivity index (χ2n) is 6.75. The van der Waals surface area contributed by atoms with Crippen molar-refractivity contribution in [3.63, 3.8) is 0 Å². The first-order valence-corrected chi connectivity index (χ1v) is 8.80. The van der Waals surface area contributed by atoms with Crippen molar-refractivity contribution in [2.24, 2.45) is 5.73 Å². The van der Waals surface area contributed by atoms with Crippen LogP contribution in [0.3, 0.4) is 0 Å². The maximum absolute atomic E-state index is 10.5. The Kier molecular flexibility index (Phi) is 3.87. The van der Waals surface area contributed by atoms with Gasteiger partial charge in [0.1, 0.15) is 0 Å². The van der Waals surface area contributed by atoms with E-state index < -0.39 is 6.10 Å². The number of benzene rings is 4. The summed E-state index contributed by atoms with van der Waals surface area (Å²) in [5.74, 6) is 0. The molecule has 0 aliphatic heterocycles. The largest absolute Gasteiger partial charge is 0.391 e. The predicted molar refractivity (Wildman–Crippen MR) is 103 cm³/mol. The summed E-state index contributed by atoms with van der Waals surface area (Å²) >= 11 is 0. The number of aliphatic hydroxyl groups excluding tert-OH is 1. The van der Waals surface area contributed by atoms with Gasteiger partial charge in [-0.05, 0) is 44.3 Å². The minimum atomic E-state index is -0.497. The summed E-state index contributed by atoms with van der Waals surface area (Å²) in [6, 6.07) is 19.0. The van der Waals surface area contributed by atoms with Gasteiger partial charge in [0.2, 0.25) is 0 Å². The first-order valence-electron chi connectivity index (χ1n) is 8.80. The molecule has 2 atom stereocenters. The molecule has 0 fully saturated rings. The third-order valence-corrected chi connectivity index (χ3v) is 5.19. The summed E-state index contributed by atoms with van der Waals surface area (Å²) in [5, 5.41) is 17.9. The number of aliphatic hydroxyl groups is 1. The molecule has 122 valence electrons. The summed E-state index contributed by atoms with van der Waals surface area (Å²) in [7, 11) is 0. The van der Waals surface area contributed by atoms with Gasteiger partial charge in [-0.2, -0.15) is 0 Å². The Morgan fingerprint density at radius 2 is 1.50 bits per heavy atom. The standard InChI is InChI=1S/C22H23NO/c1-2-3-7-19(24)22(23)18-13-11-16-9-8-14-5-4-6-15-10-12-17(18)21(16)20(14)15/h4-6,8-13,19,22,24H,2-3,7,23H2,1H3/t19-,22+/m1/s1. The number of unbranched alkanes of at least 4 members (excludes halogenated alkanes) is 1. The van der Waals surface area contributed by atoms with Crippen molar-refractivity contribution in [1.82, 2.24) is 0 Å². The molecule has 0 spiro atoms. The van der Waals surface area contributed by atoms with E-state index in [0.29, 0.717) is 0 Å². The van der Waals surface area contributed by atoms with Crippen LogP contribution in [0.2, 0.25) is 0 Å². The molecule has 0 aliphatic rings. The van der Waals surface area contributed by atoms with Crippen LogP contribution in [0.1, 0.15) is 37.8 Å². The Morgan fingerprint density at radius 1 is 0.875 bits per heavy atom. The van der Waals surface area contributed by atoms with Gasteiger partial charge >= 0.3 is 0 Å². The van der Waals surface area contributed by atoms with Gasteiger partial charge in [-0.3, -0.25) is 0 Å². The van der Waals surface area contributed by atoms with Gasteiger partial charge in [0.25, 0.3) is 0 Å². The van der Waals surface area contributed by atoms with Crippen molar-refractivity contribution in [3.05, 3.63) is 60.2 Å². The predicted octanol–water partition coefficient (Wildman–Crippen LogP) is 5.13. The lowest BCUT2D eigenvalue weighted by molar-refractivity contribution is 0.133. The van der Waals surface area contributed by atoms with Crippen molar-refractivity contribution in [1.29, 1.82) is 0 Å². The highest BCUT2D eigenvalue weighted by Crippen LogP contribution is 2.37. The molecule has 0 amide bonds. The van der Waals surface area contributed by atoms with Crippen molar-refractivity contribution in [2.75, 3.05) is 0 Å². The van der Waals surface area contributed by atoms with Crippen LogP contribution in [0.25, 0.3) is 32.3 Å². The van der Waals surface area contributed by atoms with Gasteiger partial charge < -0.3 is 10.8 Å². The lowest BCUT2D eigenvalue weighted by Crippen LogP contribution is -2.26. The maximum atomic E-state index is 10.5. The Hall–Kier alpha value is -2.16. The van der Waals surface area contributed by atoms with Gasteiger partial charge in [-0.1, -0.05) is 74.4 Å². The molecule has 0 aromatic heterocycles. The zero-order chi connectivity index (χ0) is 16.7. The lowest BCUT2D eigenvalue weighted by Gasteiger charge is -2.22. The molecule has 0 saturated heterocycles. The number of rotatable bonds is 5. The summed E-state index contributed by atoms with van der Waals surface area (Å²) < 4.78 is 0. The monoisotopic (exact) mass is 317 g/mol. The SMILES string of the molecule is CCCC[C@@H](O)[C@@H](N)c1ccc2ccc3cccc4ccc1c2c34. The molecule has 0 unspecified atom stereocenters. The van der Waals surface area contributed by atoms with E-state index in [4.69, 9.17) is 5.73 Å². The number of hydrogen-bond donors (Lipinski definition) is 2. The molecule has 0 heterocycles. The minimum Gasteiger partial charge on any atom is -0.391 e. The average molecular weight is 317 g/mol. The molecule has 4 aromatic carbocycles. The van der Waals surface area contributed by atoms with Gasteiger partial charge in [0.15, 0.2) is 0 Å². The van der Waals surface area contributed by atoms with Crippen LogP contribution in [0.5, 0.6) is 0 Å². The van der Waals surface area contributed by atoms with Crippen LogP contribution in [0.4, 0.5) is 0 Å². The second kappa shape index (κ2) is 6.04. The third kappa shape index (κ3) is 2.34. The molecule has 3 N–H and O–H groups in total. The fraction of sp³-hybridized carbons (Fsp3) is 0.273. The van der Waals surface area contributed by atoms with Crippen LogP contribution in [-0.4, -0.2) is 11.2 Å².